The van der Waals surface area contributed by atoms with Crippen molar-refractivity contribution < 1.29 is 19.0 Å². The number of anilines is 2. The number of hydrazine groups is 1. The smallest absolute Gasteiger partial charge is 0.230 e. The van der Waals surface area contributed by atoms with Gasteiger partial charge in [0.25, 0.3) is 0 Å². The molecule has 0 unspecified atom stereocenters. The first-order valence-electron chi connectivity index (χ1n) is 13.6. The molecule has 1 aromatic heterocycles. The topological polar surface area (TPSA) is 143 Å². The Kier molecular flexibility index (Phi) is 9.41. The number of amides is 1. The molecule has 0 bridgehead atoms. The van der Waals surface area contributed by atoms with E-state index in [1.807, 2.05) is 30.3 Å². The van der Waals surface area contributed by atoms with E-state index in [9.17, 15) is 4.79 Å². The number of carbonyl (C=O) groups is 1. The van der Waals surface area contributed by atoms with Crippen molar-refractivity contribution in [1.29, 1.82) is 0 Å². The summed E-state index contributed by atoms with van der Waals surface area (Å²) < 4.78 is 16.9. The van der Waals surface area contributed by atoms with Crippen LogP contribution >= 0.6 is 11.6 Å². The standard InChI is InChI=1S/C28H34ClN9O4/c1-40-22-15-20(29)21(16-23(22)41-2)42-26-17-24(33-27(30)32-19-7-4-3-5-8-19)34-28(35-26)36-11-13-37(14-12-36)38-10-6-9-25(39)31-18-38/h3-5,7-8,15-17H,6,9-14,18H2,1-2H3,(H,31,39)(H3,30,32,33,34,35). The van der Waals surface area contributed by atoms with Crippen LogP contribution in [-0.4, -0.2) is 85.5 Å². The quantitative estimate of drug-likeness (QED) is 0.261. The Balaban J connectivity index is 1.39. The van der Waals surface area contributed by atoms with Crippen molar-refractivity contribution in [2.45, 2.75) is 12.8 Å². The molecule has 0 radical (unpaired) electrons. The van der Waals surface area contributed by atoms with Gasteiger partial charge >= 0.3 is 0 Å². The largest absolute Gasteiger partial charge is 0.493 e. The van der Waals surface area contributed by atoms with Crippen molar-refractivity contribution in [3.63, 3.8) is 0 Å². The van der Waals surface area contributed by atoms with Gasteiger partial charge in [-0.05, 0) is 18.6 Å². The lowest BCUT2D eigenvalue weighted by Gasteiger charge is -2.40. The summed E-state index contributed by atoms with van der Waals surface area (Å²) in [5, 5.41) is 10.8. The third-order valence-corrected chi connectivity index (χ3v) is 7.12. The van der Waals surface area contributed by atoms with Crippen LogP contribution in [-0.2, 0) is 4.79 Å². The van der Waals surface area contributed by atoms with E-state index in [0.29, 0.717) is 60.2 Å². The number of piperazine rings is 1. The van der Waals surface area contributed by atoms with Gasteiger partial charge in [-0.3, -0.25) is 4.79 Å². The number of nitrogens with zero attached hydrogens (tertiary/aromatic N) is 6. The normalized spacial score (nSPS) is 16.9. The fraction of sp³-hybridized carbons (Fsp3) is 0.357. The fourth-order valence-electron chi connectivity index (χ4n) is 4.69. The van der Waals surface area contributed by atoms with Crippen LogP contribution < -0.4 is 35.5 Å². The molecule has 2 aromatic carbocycles. The first-order chi connectivity index (χ1) is 20.4. The predicted octanol–water partition coefficient (Wildman–Crippen LogP) is 3.20. The number of carbonyl (C=O) groups excluding carboxylic acids is 1. The Morgan fingerprint density at radius 1 is 0.976 bits per heavy atom. The molecule has 2 aliphatic rings. The monoisotopic (exact) mass is 595 g/mol. The molecule has 0 aliphatic carbocycles. The number of guanidine groups is 1. The van der Waals surface area contributed by atoms with Crippen LogP contribution in [0.15, 0.2) is 53.5 Å². The maximum Gasteiger partial charge on any atom is 0.230 e. The van der Waals surface area contributed by atoms with Crippen molar-refractivity contribution in [2.24, 2.45) is 10.7 Å². The molecule has 3 aromatic rings. The van der Waals surface area contributed by atoms with E-state index < -0.39 is 0 Å². The summed E-state index contributed by atoms with van der Waals surface area (Å²) in [4.78, 5) is 27.7. The second-order valence-corrected chi connectivity index (χ2v) is 10.0. The Morgan fingerprint density at radius 2 is 1.71 bits per heavy atom. The summed E-state index contributed by atoms with van der Waals surface area (Å²) in [5.41, 5.74) is 7.01. The van der Waals surface area contributed by atoms with E-state index >= 15 is 0 Å². The summed E-state index contributed by atoms with van der Waals surface area (Å²) >= 11 is 6.49. The molecule has 14 heteroatoms. The number of benzene rings is 2. The van der Waals surface area contributed by atoms with E-state index in [0.717, 1.165) is 31.7 Å². The maximum absolute atomic E-state index is 11.8. The third-order valence-electron chi connectivity index (χ3n) is 6.83. The van der Waals surface area contributed by atoms with Crippen LogP contribution in [0.4, 0.5) is 17.5 Å². The Hall–Kier alpha value is -4.33. The van der Waals surface area contributed by atoms with Crippen LogP contribution in [0.25, 0.3) is 0 Å². The van der Waals surface area contributed by atoms with Crippen molar-refractivity contribution in [2.75, 3.05) is 63.8 Å². The second-order valence-electron chi connectivity index (χ2n) is 9.62. The number of ether oxygens (including phenoxy) is 3. The lowest BCUT2D eigenvalue weighted by molar-refractivity contribution is -0.121. The molecule has 0 saturated carbocycles. The Labute approximate surface area is 249 Å². The van der Waals surface area contributed by atoms with Crippen molar-refractivity contribution in [1.82, 2.24) is 25.3 Å². The number of methoxy groups -OCH3 is 2. The number of nitrogens with two attached hydrogens (primary N) is 1. The lowest BCUT2D eigenvalue weighted by Crippen LogP contribution is -2.55. The number of rotatable bonds is 8. The molecular formula is C28H34ClN9O4. The number of hydrogen-bond acceptors (Lipinski definition) is 10. The van der Waals surface area contributed by atoms with Gasteiger partial charge in [-0.15, -0.1) is 0 Å². The van der Waals surface area contributed by atoms with Gasteiger partial charge in [-0.2, -0.15) is 15.0 Å². The van der Waals surface area contributed by atoms with Gasteiger partial charge in [-0.1, -0.05) is 29.8 Å². The number of hydrogen-bond donors (Lipinski definition) is 3. The predicted molar refractivity (Wildman–Crippen MR) is 161 cm³/mol. The van der Waals surface area contributed by atoms with E-state index in [1.165, 1.54) is 14.2 Å². The number of para-hydroxylation sites is 1. The summed E-state index contributed by atoms with van der Waals surface area (Å²) in [6.45, 7) is 4.14. The highest BCUT2D eigenvalue weighted by Gasteiger charge is 2.26. The van der Waals surface area contributed by atoms with Gasteiger partial charge in [0.15, 0.2) is 29.0 Å². The van der Waals surface area contributed by atoms with E-state index in [-0.39, 0.29) is 17.7 Å². The molecule has 2 fully saturated rings. The summed E-state index contributed by atoms with van der Waals surface area (Å²) in [5.74, 6) is 2.51. The zero-order valence-electron chi connectivity index (χ0n) is 23.5. The molecule has 42 heavy (non-hydrogen) atoms. The molecule has 0 spiro atoms. The number of aliphatic imine (C=N–C) groups is 1. The summed E-state index contributed by atoms with van der Waals surface area (Å²) in [6.07, 6.45) is 1.37. The highest BCUT2D eigenvalue weighted by molar-refractivity contribution is 6.32. The Bertz CT molecular complexity index is 1420. The number of nitrogens with one attached hydrogen (secondary N) is 2. The zero-order chi connectivity index (χ0) is 29.5. The fourth-order valence-corrected chi connectivity index (χ4v) is 4.88. The molecule has 13 nitrogen and oxygen atoms in total. The maximum atomic E-state index is 11.8. The van der Waals surface area contributed by atoms with E-state index in [2.05, 4.69) is 40.5 Å². The second kappa shape index (κ2) is 13.6. The van der Waals surface area contributed by atoms with Gasteiger partial charge in [0.1, 0.15) is 0 Å². The molecule has 2 saturated heterocycles. The van der Waals surface area contributed by atoms with Crippen molar-refractivity contribution in [3.8, 4) is 23.1 Å². The molecule has 5 rings (SSSR count). The minimum atomic E-state index is 0.0880. The Morgan fingerprint density at radius 3 is 2.45 bits per heavy atom. The minimum absolute atomic E-state index is 0.0880. The SMILES string of the molecule is COc1cc(Cl)c(Oc2cc(/N=C(/N)Nc3ccccc3)nc(N3CCN(N4CCCC(=O)NC4)CC3)n2)cc1OC. The average molecular weight is 596 g/mol. The van der Waals surface area contributed by atoms with Crippen LogP contribution in [0, 0.1) is 0 Å². The molecule has 2 aliphatic heterocycles. The highest BCUT2D eigenvalue weighted by Crippen LogP contribution is 2.39. The molecule has 0 atom stereocenters. The van der Waals surface area contributed by atoms with Gasteiger partial charge in [-0.25, -0.2) is 10.0 Å². The van der Waals surface area contributed by atoms with Crippen LogP contribution in [0.1, 0.15) is 12.8 Å². The van der Waals surface area contributed by atoms with Crippen molar-refractivity contribution in [3.05, 3.63) is 53.6 Å². The molecule has 3 heterocycles. The van der Waals surface area contributed by atoms with Crippen molar-refractivity contribution >= 4 is 40.9 Å². The first-order valence-corrected chi connectivity index (χ1v) is 14.0. The number of halogens is 1. The van der Waals surface area contributed by atoms with Gasteiger partial charge in [0, 0.05) is 63.0 Å². The molecule has 222 valence electrons. The van der Waals surface area contributed by atoms with Crippen LogP contribution in [0.5, 0.6) is 23.1 Å². The molecule has 4 N–H and O–H groups in total. The van der Waals surface area contributed by atoms with Gasteiger partial charge in [0.2, 0.25) is 17.7 Å². The first kappa shape index (κ1) is 29.2. The van der Waals surface area contributed by atoms with Crippen LogP contribution in [0.3, 0.4) is 0 Å². The molecular weight excluding hydrogens is 562 g/mol. The summed E-state index contributed by atoms with van der Waals surface area (Å²) in [6, 6.07) is 14.3. The summed E-state index contributed by atoms with van der Waals surface area (Å²) in [7, 11) is 3.07. The number of aromatic nitrogens is 2. The minimum Gasteiger partial charge on any atom is -0.493 e. The highest BCUT2D eigenvalue weighted by atomic mass is 35.5. The zero-order valence-corrected chi connectivity index (χ0v) is 24.3. The van der Waals surface area contributed by atoms with Gasteiger partial charge in [0.05, 0.1) is 25.9 Å². The van der Waals surface area contributed by atoms with Crippen LogP contribution in [0.2, 0.25) is 5.02 Å². The van der Waals surface area contributed by atoms with E-state index in [1.54, 1.807) is 18.2 Å². The van der Waals surface area contributed by atoms with E-state index in [4.69, 9.17) is 31.5 Å². The lowest BCUT2D eigenvalue weighted by atomic mass is 10.3. The van der Waals surface area contributed by atoms with Gasteiger partial charge < -0.3 is 35.5 Å². The average Bonchev–Trinajstić information content (AvgIpc) is 3.22. The molecule has 1 amide bonds. The third kappa shape index (κ3) is 7.29.